The molecule has 2 N–H and O–H groups in total. The van der Waals surface area contributed by atoms with Gasteiger partial charge in [-0.1, -0.05) is 11.6 Å². The number of aryl methyl sites for hydroxylation is 1. The van der Waals surface area contributed by atoms with E-state index in [1.807, 2.05) is 0 Å². The average Bonchev–Trinajstić information content (AvgIpc) is 3.33. The van der Waals surface area contributed by atoms with Crippen molar-refractivity contribution in [2.24, 2.45) is 0 Å². The van der Waals surface area contributed by atoms with Crippen LogP contribution in [-0.4, -0.2) is 98.3 Å². The number of sulfonamides is 1. The summed E-state index contributed by atoms with van der Waals surface area (Å²) in [5.41, 5.74) is 0.138. The molecular formula is C20H15ClN2Na2O7S3. The fraction of sp³-hybridized carbons (Fsp3) is 0.100. The fourth-order valence-electron chi connectivity index (χ4n) is 3.17. The van der Waals surface area contributed by atoms with Gasteiger partial charge in [-0.2, -0.15) is 0 Å². The molecule has 0 aliphatic rings. The zero-order valence-electron chi connectivity index (χ0n) is 19.0. The largest absolute Gasteiger partial charge is 0.476 e. The molecule has 174 valence electrons. The molecule has 0 bridgehead atoms. The van der Waals surface area contributed by atoms with E-state index < -0.39 is 25.8 Å². The number of carboxylic acids is 1. The Morgan fingerprint density at radius 2 is 1.80 bits per heavy atom. The maximum Gasteiger partial charge on any atom is 0.357 e. The summed E-state index contributed by atoms with van der Waals surface area (Å²) in [5.74, 6) is -1.43. The van der Waals surface area contributed by atoms with Crippen LogP contribution in [0, 0.1) is 6.92 Å². The standard InChI is InChI=1S/C20H15ClN2O7S3.2Na/c1-10-13-8-12(21)4-6-16(13)31-20(10)33(28,29)23-14-5-3-11(7-17(14)32(2,26)27)18-22-15(9-30-18)19(24)25;;/h3-9,23H,1-2H3,(H,24,25);;. The normalized spacial score (nSPS) is 11.5. The Morgan fingerprint density at radius 1 is 1.11 bits per heavy atom. The van der Waals surface area contributed by atoms with Crippen LogP contribution >= 0.6 is 22.9 Å². The first-order chi connectivity index (χ1) is 15.4. The van der Waals surface area contributed by atoms with Crippen molar-refractivity contribution in [3.8, 4) is 11.5 Å². The SMILES string of the molecule is Cc1c(S(=O)(=O)Nc2ccc(-c3nc(C(=O)O)co3)cc2S(C)(=O)=O)sc2ccc(Cl)cc12.[Na].[Na]. The van der Waals surface area contributed by atoms with E-state index in [1.165, 1.54) is 18.2 Å². The molecule has 0 spiro atoms. The van der Waals surface area contributed by atoms with Gasteiger partial charge in [-0.3, -0.25) is 4.72 Å². The molecule has 0 atom stereocenters. The number of anilines is 1. The number of hydrogen-bond donors (Lipinski definition) is 2. The fourth-order valence-corrected chi connectivity index (χ4v) is 7.09. The predicted octanol–water partition coefficient (Wildman–Crippen LogP) is 3.66. The molecular weight excluding hydrogens is 558 g/mol. The van der Waals surface area contributed by atoms with Crippen molar-refractivity contribution in [1.29, 1.82) is 0 Å². The molecule has 4 rings (SSSR count). The van der Waals surface area contributed by atoms with Crippen molar-refractivity contribution in [2.45, 2.75) is 16.0 Å². The van der Waals surface area contributed by atoms with Crippen LogP contribution in [0.3, 0.4) is 0 Å². The van der Waals surface area contributed by atoms with Crippen LogP contribution in [0.15, 0.2) is 56.2 Å². The van der Waals surface area contributed by atoms with Crippen LogP contribution in [0.1, 0.15) is 16.1 Å². The van der Waals surface area contributed by atoms with Gasteiger partial charge in [0, 0.05) is 80.7 Å². The summed E-state index contributed by atoms with van der Waals surface area (Å²) in [6.07, 6.45) is 1.85. The second-order valence-corrected chi connectivity index (χ2v) is 12.4. The third-order valence-electron chi connectivity index (χ3n) is 4.69. The number of rotatable bonds is 6. The van der Waals surface area contributed by atoms with Crippen LogP contribution in [-0.2, 0) is 19.9 Å². The van der Waals surface area contributed by atoms with Crippen LogP contribution < -0.4 is 4.72 Å². The van der Waals surface area contributed by atoms with Gasteiger partial charge in [-0.25, -0.2) is 26.6 Å². The van der Waals surface area contributed by atoms with Gasteiger partial charge in [-0.05, 0) is 54.3 Å². The molecule has 0 unspecified atom stereocenters. The number of fused-ring (bicyclic) bond motifs is 1. The molecule has 2 aromatic carbocycles. The number of benzene rings is 2. The maximum atomic E-state index is 13.2. The number of carboxylic acid groups (broad SMARTS) is 1. The monoisotopic (exact) mass is 572 g/mol. The number of hydrogen-bond acceptors (Lipinski definition) is 8. The van der Waals surface area contributed by atoms with Gasteiger partial charge in [-0.15, -0.1) is 11.3 Å². The minimum absolute atomic E-state index is 0. The molecule has 2 radical (unpaired) electrons. The minimum atomic E-state index is -4.14. The van der Waals surface area contributed by atoms with Gasteiger partial charge in [0.05, 0.1) is 10.6 Å². The van der Waals surface area contributed by atoms with E-state index in [4.69, 9.17) is 21.1 Å². The number of nitrogens with one attached hydrogen (secondary N) is 1. The van der Waals surface area contributed by atoms with Crippen molar-refractivity contribution in [2.75, 3.05) is 11.0 Å². The molecule has 0 saturated carbocycles. The van der Waals surface area contributed by atoms with Crippen LogP contribution in [0.25, 0.3) is 21.5 Å². The van der Waals surface area contributed by atoms with Gasteiger partial charge >= 0.3 is 5.97 Å². The first-order valence-electron chi connectivity index (χ1n) is 9.11. The van der Waals surface area contributed by atoms with E-state index in [2.05, 4.69) is 9.71 Å². The molecule has 4 aromatic rings. The van der Waals surface area contributed by atoms with E-state index in [-0.39, 0.29) is 91.1 Å². The van der Waals surface area contributed by atoms with E-state index >= 15 is 0 Å². The number of sulfone groups is 1. The number of aromatic carboxylic acids is 1. The van der Waals surface area contributed by atoms with E-state index in [1.54, 1.807) is 25.1 Å². The number of aromatic nitrogens is 1. The molecule has 0 saturated heterocycles. The van der Waals surface area contributed by atoms with E-state index in [0.717, 1.165) is 23.9 Å². The van der Waals surface area contributed by atoms with Crippen molar-refractivity contribution in [3.63, 3.8) is 0 Å². The van der Waals surface area contributed by atoms with E-state index in [0.29, 0.717) is 20.7 Å². The Kier molecular flexibility index (Phi) is 9.71. The van der Waals surface area contributed by atoms with Crippen LogP contribution in [0.2, 0.25) is 5.02 Å². The Balaban J connectivity index is 0.00000216. The molecule has 15 heteroatoms. The van der Waals surface area contributed by atoms with Crippen molar-refractivity contribution >= 4 is 124 Å². The van der Waals surface area contributed by atoms with Crippen molar-refractivity contribution < 1.29 is 31.2 Å². The maximum absolute atomic E-state index is 13.2. The average molecular weight is 573 g/mol. The van der Waals surface area contributed by atoms with Crippen molar-refractivity contribution in [1.82, 2.24) is 4.98 Å². The number of halogens is 1. The molecule has 9 nitrogen and oxygen atoms in total. The smallest absolute Gasteiger partial charge is 0.357 e. The zero-order valence-corrected chi connectivity index (χ0v) is 26.2. The first-order valence-corrected chi connectivity index (χ1v) is 13.7. The number of oxazole rings is 1. The molecule has 0 fully saturated rings. The topological polar surface area (TPSA) is 144 Å². The first kappa shape index (κ1) is 30.3. The van der Waals surface area contributed by atoms with Gasteiger partial charge in [0.15, 0.2) is 15.5 Å². The van der Waals surface area contributed by atoms with Crippen molar-refractivity contribution in [3.05, 3.63) is 58.9 Å². The third kappa shape index (κ3) is 6.32. The summed E-state index contributed by atoms with van der Waals surface area (Å²) in [6, 6.07) is 8.84. The Labute approximate surface area is 254 Å². The second kappa shape index (κ2) is 11.2. The summed E-state index contributed by atoms with van der Waals surface area (Å²) in [4.78, 5) is 14.5. The van der Waals surface area contributed by atoms with Crippen LogP contribution in [0.4, 0.5) is 5.69 Å². The number of thiophene rings is 1. The van der Waals surface area contributed by atoms with Crippen LogP contribution in [0.5, 0.6) is 0 Å². The molecule has 2 aromatic heterocycles. The number of carbonyl (C=O) groups is 1. The molecule has 0 aliphatic carbocycles. The third-order valence-corrected chi connectivity index (χ3v) is 9.32. The van der Waals surface area contributed by atoms with Gasteiger partial charge in [0.2, 0.25) is 5.89 Å². The second-order valence-electron chi connectivity index (χ2n) is 7.09. The minimum Gasteiger partial charge on any atom is -0.476 e. The quantitative estimate of drug-likeness (QED) is 0.333. The van der Waals surface area contributed by atoms with Gasteiger partial charge < -0.3 is 9.52 Å². The molecule has 35 heavy (non-hydrogen) atoms. The summed E-state index contributed by atoms with van der Waals surface area (Å²) in [6.45, 7) is 1.65. The number of nitrogens with zero attached hydrogens (tertiary/aromatic N) is 1. The Bertz CT molecular complexity index is 1650. The molecule has 0 aliphatic heterocycles. The Morgan fingerprint density at radius 3 is 2.40 bits per heavy atom. The summed E-state index contributed by atoms with van der Waals surface area (Å²) in [7, 11) is -8.04. The molecule has 2 heterocycles. The van der Waals surface area contributed by atoms with Gasteiger partial charge in [0.25, 0.3) is 10.0 Å². The predicted molar refractivity (Wildman–Crippen MR) is 136 cm³/mol. The summed E-state index contributed by atoms with van der Waals surface area (Å²) in [5, 5.41) is 10.1. The zero-order chi connectivity index (χ0) is 24.1. The Hall–Kier alpha value is -0.930. The summed E-state index contributed by atoms with van der Waals surface area (Å²) < 4.78 is 59.4. The van der Waals surface area contributed by atoms with Gasteiger partial charge in [0.1, 0.15) is 10.5 Å². The summed E-state index contributed by atoms with van der Waals surface area (Å²) >= 11 is 7.07. The molecule has 0 amide bonds. The van der Waals surface area contributed by atoms with E-state index in [9.17, 15) is 21.6 Å².